The van der Waals surface area contributed by atoms with Crippen LogP contribution in [0.3, 0.4) is 0 Å². The second kappa shape index (κ2) is 8.48. The third kappa shape index (κ3) is 3.56. The van der Waals surface area contributed by atoms with Gasteiger partial charge >= 0.3 is 5.97 Å². The standard InChI is InChI=1S/C24H25NO4S/c1-4-29-24(27)21-14(2)25-17-12-15(16-8-5-6-9-19(16)28-3)13-18(26)22(17)23(21)20-10-7-11-30-20/h5-11,15,23,25H,4,12-13H2,1-3H3. The highest BCUT2D eigenvalue weighted by Gasteiger charge is 2.42. The van der Waals surface area contributed by atoms with E-state index in [1.165, 1.54) is 0 Å². The molecule has 1 N–H and O–H groups in total. The van der Waals surface area contributed by atoms with Gasteiger partial charge in [0.15, 0.2) is 5.78 Å². The van der Waals surface area contributed by atoms with Crippen LogP contribution >= 0.6 is 11.3 Å². The van der Waals surface area contributed by atoms with Crippen molar-refractivity contribution in [3.63, 3.8) is 0 Å². The molecule has 2 aromatic rings. The number of dihydropyridines is 1. The Labute approximate surface area is 180 Å². The molecule has 1 aromatic heterocycles. The molecule has 2 atom stereocenters. The van der Waals surface area contributed by atoms with Crippen molar-refractivity contribution < 1.29 is 19.1 Å². The van der Waals surface area contributed by atoms with Crippen LogP contribution in [0.15, 0.2) is 64.3 Å². The average molecular weight is 424 g/mol. The Morgan fingerprint density at radius 3 is 2.70 bits per heavy atom. The van der Waals surface area contributed by atoms with E-state index in [1.54, 1.807) is 25.4 Å². The lowest BCUT2D eigenvalue weighted by Crippen LogP contribution is -2.36. The van der Waals surface area contributed by atoms with Crippen LogP contribution in [-0.4, -0.2) is 25.5 Å². The number of nitrogens with one attached hydrogen (secondary N) is 1. The molecule has 6 heteroatoms. The molecule has 0 saturated heterocycles. The van der Waals surface area contributed by atoms with Crippen molar-refractivity contribution in [2.24, 2.45) is 0 Å². The van der Waals surface area contributed by atoms with Gasteiger partial charge in [-0.2, -0.15) is 0 Å². The van der Waals surface area contributed by atoms with Crippen molar-refractivity contribution in [1.82, 2.24) is 5.32 Å². The Kier molecular flexibility index (Phi) is 5.77. The highest BCUT2D eigenvalue weighted by atomic mass is 32.1. The lowest BCUT2D eigenvalue weighted by Gasteiger charge is -2.36. The van der Waals surface area contributed by atoms with Gasteiger partial charge in [-0.15, -0.1) is 11.3 Å². The molecule has 2 aliphatic rings. The largest absolute Gasteiger partial charge is 0.496 e. The Balaban J connectivity index is 1.77. The lowest BCUT2D eigenvalue weighted by molar-refractivity contribution is -0.138. The first-order valence-corrected chi connectivity index (χ1v) is 11.0. The monoisotopic (exact) mass is 423 g/mol. The minimum absolute atomic E-state index is 0.0285. The third-order valence-electron chi connectivity index (χ3n) is 5.73. The Bertz CT molecular complexity index is 1040. The van der Waals surface area contributed by atoms with Gasteiger partial charge in [0.25, 0.3) is 0 Å². The first-order chi connectivity index (χ1) is 14.5. The van der Waals surface area contributed by atoms with Crippen molar-refractivity contribution in [1.29, 1.82) is 0 Å². The second-order valence-electron chi connectivity index (χ2n) is 7.50. The summed E-state index contributed by atoms with van der Waals surface area (Å²) in [6, 6.07) is 11.8. The molecule has 0 spiro atoms. The SMILES string of the molecule is CCOC(=O)C1=C(C)NC2=C(C(=O)CC(c3ccccc3OC)C2)C1c1cccs1. The summed E-state index contributed by atoms with van der Waals surface area (Å²) in [5.41, 5.74) is 3.90. The summed E-state index contributed by atoms with van der Waals surface area (Å²) in [6.07, 6.45) is 1.08. The summed E-state index contributed by atoms with van der Waals surface area (Å²) < 4.78 is 10.9. The summed E-state index contributed by atoms with van der Waals surface area (Å²) in [4.78, 5) is 27.2. The van der Waals surface area contributed by atoms with Gasteiger partial charge in [-0.1, -0.05) is 24.3 Å². The zero-order valence-corrected chi connectivity index (χ0v) is 18.2. The molecule has 0 saturated carbocycles. The average Bonchev–Trinajstić information content (AvgIpc) is 3.27. The van der Waals surface area contributed by atoms with E-state index in [1.807, 2.05) is 48.7 Å². The number of allylic oxidation sites excluding steroid dienone is 3. The number of rotatable bonds is 5. The molecule has 5 nitrogen and oxygen atoms in total. The molecule has 1 aromatic carbocycles. The maximum atomic E-state index is 13.4. The second-order valence-corrected chi connectivity index (χ2v) is 8.47. The van der Waals surface area contributed by atoms with E-state index in [0.717, 1.165) is 27.6 Å². The number of methoxy groups -OCH3 is 1. The number of carbonyl (C=O) groups is 2. The number of hydrogen-bond acceptors (Lipinski definition) is 6. The maximum Gasteiger partial charge on any atom is 0.336 e. The number of thiophene rings is 1. The Morgan fingerprint density at radius 1 is 1.20 bits per heavy atom. The number of esters is 1. The van der Waals surface area contributed by atoms with Crippen molar-refractivity contribution in [3.05, 3.63) is 74.8 Å². The molecule has 1 aliphatic carbocycles. The number of ketones is 1. The molecule has 2 heterocycles. The van der Waals surface area contributed by atoms with E-state index < -0.39 is 0 Å². The third-order valence-corrected chi connectivity index (χ3v) is 6.67. The van der Waals surface area contributed by atoms with Gasteiger partial charge < -0.3 is 14.8 Å². The molecule has 0 amide bonds. The first-order valence-electron chi connectivity index (χ1n) is 10.1. The van der Waals surface area contributed by atoms with Gasteiger partial charge in [0.1, 0.15) is 5.75 Å². The summed E-state index contributed by atoms with van der Waals surface area (Å²) in [7, 11) is 1.65. The van der Waals surface area contributed by atoms with Crippen LogP contribution in [-0.2, 0) is 14.3 Å². The maximum absolute atomic E-state index is 13.4. The summed E-state index contributed by atoms with van der Waals surface area (Å²) in [5.74, 6) is 0.135. The highest BCUT2D eigenvalue weighted by molar-refractivity contribution is 7.10. The normalized spacial score (nSPS) is 21.2. The van der Waals surface area contributed by atoms with Crippen LogP contribution in [0.5, 0.6) is 5.75 Å². The number of para-hydroxylation sites is 1. The highest BCUT2D eigenvalue weighted by Crippen LogP contribution is 2.47. The number of Topliss-reactive ketones (excluding diaryl/α,β-unsaturated/α-hetero) is 1. The van der Waals surface area contributed by atoms with Crippen molar-refractivity contribution >= 4 is 23.1 Å². The van der Waals surface area contributed by atoms with E-state index in [4.69, 9.17) is 9.47 Å². The van der Waals surface area contributed by atoms with Crippen LogP contribution in [0.25, 0.3) is 0 Å². The van der Waals surface area contributed by atoms with Crippen LogP contribution in [0.2, 0.25) is 0 Å². The summed E-state index contributed by atoms with van der Waals surface area (Å²) in [5, 5.41) is 5.34. The van der Waals surface area contributed by atoms with Gasteiger partial charge in [-0.3, -0.25) is 4.79 Å². The predicted octanol–water partition coefficient (Wildman–Crippen LogP) is 4.68. The number of hydrogen-bond donors (Lipinski definition) is 1. The molecule has 0 fully saturated rings. The van der Waals surface area contributed by atoms with Gasteiger partial charge in [0.2, 0.25) is 0 Å². The van der Waals surface area contributed by atoms with Crippen LogP contribution in [0.1, 0.15) is 49.0 Å². The first kappa shape index (κ1) is 20.4. The molecule has 2 unspecified atom stereocenters. The topological polar surface area (TPSA) is 64.6 Å². The van der Waals surface area contributed by atoms with E-state index in [9.17, 15) is 9.59 Å². The van der Waals surface area contributed by atoms with Crippen LogP contribution in [0.4, 0.5) is 0 Å². The molecule has 0 bridgehead atoms. The van der Waals surface area contributed by atoms with E-state index in [2.05, 4.69) is 5.32 Å². The van der Waals surface area contributed by atoms with E-state index in [0.29, 0.717) is 30.6 Å². The van der Waals surface area contributed by atoms with Gasteiger partial charge in [-0.25, -0.2) is 4.79 Å². The van der Waals surface area contributed by atoms with Crippen molar-refractivity contribution in [2.75, 3.05) is 13.7 Å². The molecular weight excluding hydrogens is 398 g/mol. The fourth-order valence-electron chi connectivity index (χ4n) is 4.48. The van der Waals surface area contributed by atoms with Crippen LogP contribution in [0, 0.1) is 0 Å². The molecule has 1 aliphatic heterocycles. The van der Waals surface area contributed by atoms with Crippen LogP contribution < -0.4 is 10.1 Å². The van der Waals surface area contributed by atoms with Gasteiger partial charge in [-0.05, 0) is 43.3 Å². The Hall–Kier alpha value is -2.86. The smallest absolute Gasteiger partial charge is 0.336 e. The number of carbonyl (C=O) groups excluding carboxylic acids is 2. The predicted molar refractivity (Wildman–Crippen MR) is 117 cm³/mol. The van der Waals surface area contributed by atoms with Gasteiger partial charge in [0.05, 0.1) is 25.2 Å². The molecule has 30 heavy (non-hydrogen) atoms. The van der Waals surface area contributed by atoms with Gasteiger partial charge in [0, 0.05) is 34.2 Å². The van der Waals surface area contributed by atoms with Crippen molar-refractivity contribution in [3.8, 4) is 5.75 Å². The minimum atomic E-state index is -0.383. The zero-order valence-electron chi connectivity index (χ0n) is 17.4. The Morgan fingerprint density at radius 2 is 2.00 bits per heavy atom. The fraction of sp³-hybridized carbons (Fsp3) is 0.333. The molecule has 0 radical (unpaired) electrons. The number of ether oxygens (including phenoxy) is 2. The zero-order chi connectivity index (χ0) is 21.3. The minimum Gasteiger partial charge on any atom is -0.496 e. The lowest BCUT2D eigenvalue weighted by atomic mass is 9.73. The fourth-order valence-corrected chi connectivity index (χ4v) is 5.33. The van der Waals surface area contributed by atoms with Crippen molar-refractivity contribution in [2.45, 2.75) is 38.5 Å². The molecule has 156 valence electrons. The quantitative estimate of drug-likeness (QED) is 0.708. The van der Waals surface area contributed by atoms with E-state index in [-0.39, 0.29) is 23.6 Å². The summed E-state index contributed by atoms with van der Waals surface area (Å²) in [6.45, 7) is 3.97. The number of benzene rings is 1. The molecule has 4 rings (SSSR count). The summed E-state index contributed by atoms with van der Waals surface area (Å²) >= 11 is 1.56. The van der Waals surface area contributed by atoms with E-state index >= 15 is 0 Å². The molecular formula is C24H25NO4S.